The maximum Gasteiger partial charge on any atom is 0.180 e. The molecule has 0 fully saturated rings. The predicted molar refractivity (Wildman–Crippen MR) is 170 cm³/mol. The summed E-state index contributed by atoms with van der Waals surface area (Å²) in [5.41, 5.74) is 8.84. The molecule has 4 heteroatoms. The Kier molecular flexibility index (Phi) is 4.87. The van der Waals surface area contributed by atoms with E-state index in [-0.39, 0.29) is 0 Å². The topological polar surface area (TPSA) is 52.1 Å². The van der Waals surface area contributed by atoms with Crippen LogP contribution in [-0.4, -0.2) is 9.97 Å². The number of benzene rings is 6. The van der Waals surface area contributed by atoms with Crippen molar-refractivity contribution in [3.05, 3.63) is 133 Å². The number of nitrogens with zero attached hydrogens (tertiary/aromatic N) is 2. The fourth-order valence-corrected chi connectivity index (χ4v) is 6.05. The molecule has 0 bridgehead atoms. The van der Waals surface area contributed by atoms with E-state index in [1.807, 2.05) is 42.5 Å². The maximum atomic E-state index is 6.47. The summed E-state index contributed by atoms with van der Waals surface area (Å²) in [4.78, 5) is 10.2. The highest BCUT2D eigenvalue weighted by Gasteiger charge is 2.19. The van der Waals surface area contributed by atoms with Crippen molar-refractivity contribution in [2.24, 2.45) is 0 Å². The van der Waals surface area contributed by atoms with E-state index in [1.54, 1.807) is 0 Å². The molecule has 0 amide bonds. The Morgan fingerprint density at radius 1 is 0.429 bits per heavy atom. The molecule has 42 heavy (non-hydrogen) atoms. The van der Waals surface area contributed by atoms with Gasteiger partial charge in [-0.25, -0.2) is 9.97 Å². The minimum Gasteiger partial charge on any atom is -0.455 e. The van der Waals surface area contributed by atoms with Crippen LogP contribution in [0.15, 0.2) is 142 Å². The zero-order valence-electron chi connectivity index (χ0n) is 22.4. The lowest BCUT2D eigenvalue weighted by Crippen LogP contribution is -1.94. The molecule has 0 aliphatic carbocycles. The van der Waals surface area contributed by atoms with E-state index in [0.717, 1.165) is 77.1 Å². The zero-order valence-corrected chi connectivity index (χ0v) is 22.4. The molecular weight excluding hydrogens is 516 g/mol. The van der Waals surface area contributed by atoms with Crippen molar-refractivity contribution in [1.29, 1.82) is 0 Å². The van der Waals surface area contributed by atoms with Crippen molar-refractivity contribution < 1.29 is 8.83 Å². The number of furan rings is 2. The van der Waals surface area contributed by atoms with Gasteiger partial charge in [-0.05, 0) is 40.6 Å². The highest BCUT2D eigenvalue weighted by Crippen LogP contribution is 2.39. The molecule has 3 aromatic heterocycles. The van der Waals surface area contributed by atoms with Crippen LogP contribution in [0.2, 0.25) is 0 Å². The van der Waals surface area contributed by atoms with Gasteiger partial charge in [0.25, 0.3) is 0 Å². The van der Waals surface area contributed by atoms with Gasteiger partial charge in [-0.2, -0.15) is 0 Å². The Morgan fingerprint density at radius 3 is 2.02 bits per heavy atom. The van der Waals surface area contributed by atoms with Gasteiger partial charge in [0.1, 0.15) is 28.0 Å². The fourth-order valence-electron chi connectivity index (χ4n) is 6.05. The van der Waals surface area contributed by atoms with Gasteiger partial charge >= 0.3 is 0 Å². The van der Waals surface area contributed by atoms with E-state index in [0.29, 0.717) is 11.4 Å². The summed E-state index contributed by atoms with van der Waals surface area (Å²) in [6.07, 6.45) is 0. The minimum absolute atomic E-state index is 0.649. The first kappa shape index (κ1) is 23.0. The van der Waals surface area contributed by atoms with Crippen LogP contribution in [-0.2, 0) is 0 Å². The van der Waals surface area contributed by atoms with Crippen LogP contribution in [0.3, 0.4) is 0 Å². The Bertz CT molecular complexity index is 2470. The van der Waals surface area contributed by atoms with Gasteiger partial charge in [0.2, 0.25) is 0 Å². The molecule has 0 unspecified atom stereocenters. The molecule has 3 heterocycles. The quantitative estimate of drug-likeness (QED) is 0.224. The molecule has 0 atom stereocenters. The second kappa shape index (κ2) is 8.88. The molecular formula is C38H22N2O2. The number of rotatable bonds is 3. The van der Waals surface area contributed by atoms with E-state index in [4.69, 9.17) is 18.8 Å². The normalized spacial score (nSPS) is 11.8. The predicted octanol–water partition coefficient (Wildman–Crippen LogP) is 10.4. The molecule has 0 spiro atoms. The molecule has 196 valence electrons. The third-order valence-corrected chi connectivity index (χ3v) is 8.06. The van der Waals surface area contributed by atoms with Gasteiger partial charge in [0.05, 0.1) is 0 Å². The number of aromatic nitrogens is 2. The van der Waals surface area contributed by atoms with Crippen LogP contribution < -0.4 is 0 Å². The highest BCUT2D eigenvalue weighted by molar-refractivity contribution is 6.12. The summed E-state index contributed by atoms with van der Waals surface area (Å²) < 4.78 is 12.8. The number of fused-ring (bicyclic) bond motifs is 7. The lowest BCUT2D eigenvalue weighted by Gasteiger charge is -2.08. The lowest BCUT2D eigenvalue weighted by atomic mass is 10.00. The van der Waals surface area contributed by atoms with Crippen LogP contribution in [0, 0.1) is 0 Å². The molecule has 0 saturated heterocycles. The summed E-state index contributed by atoms with van der Waals surface area (Å²) in [6, 6.07) is 45.6. The number of hydrogen-bond acceptors (Lipinski definition) is 4. The zero-order chi connectivity index (χ0) is 27.6. The van der Waals surface area contributed by atoms with E-state index < -0.39 is 0 Å². The Balaban J connectivity index is 1.29. The maximum absolute atomic E-state index is 6.47. The van der Waals surface area contributed by atoms with Crippen LogP contribution in [0.1, 0.15) is 0 Å². The first-order chi connectivity index (χ1) is 20.8. The minimum atomic E-state index is 0.649. The Hall–Kier alpha value is -5.74. The van der Waals surface area contributed by atoms with Crippen LogP contribution in [0.25, 0.3) is 88.6 Å². The van der Waals surface area contributed by atoms with E-state index in [9.17, 15) is 0 Å². The van der Waals surface area contributed by atoms with Gasteiger partial charge in [-0.1, -0.05) is 109 Å². The summed E-state index contributed by atoms with van der Waals surface area (Å²) in [6.45, 7) is 0. The van der Waals surface area contributed by atoms with Crippen molar-refractivity contribution in [2.75, 3.05) is 0 Å². The summed E-state index contributed by atoms with van der Waals surface area (Å²) in [5, 5.41) is 5.48. The SMILES string of the molecule is c1ccc(-c2nc(-c3cccc(-c4cccc5c4oc4ccccc45)c3)nc3c2oc2cc4ccccc4cc23)cc1. The standard InChI is InChI=1S/C38H22N2O2/c1-2-10-23(11-3-1)34-37-35(31-21-24-12-4-5-13-25(24)22-33(31)42-37)40-38(39-34)27-15-8-14-26(20-27)28-17-9-18-30-29-16-6-7-19-32(29)41-36(28)30/h1-22H. The van der Waals surface area contributed by atoms with E-state index in [1.165, 1.54) is 0 Å². The average Bonchev–Trinajstić information content (AvgIpc) is 3.61. The van der Waals surface area contributed by atoms with Gasteiger partial charge < -0.3 is 8.83 Å². The van der Waals surface area contributed by atoms with E-state index in [2.05, 4.69) is 91.0 Å². The third-order valence-electron chi connectivity index (χ3n) is 8.06. The molecule has 9 aromatic rings. The Labute approximate surface area is 240 Å². The molecule has 9 rings (SSSR count). The summed E-state index contributed by atoms with van der Waals surface area (Å²) >= 11 is 0. The molecule has 0 radical (unpaired) electrons. The van der Waals surface area contributed by atoms with Gasteiger partial charge in [0.15, 0.2) is 11.4 Å². The van der Waals surface area contributed by atoms with Gasteiger partial charge in [-0.3, -0.25) is 0 Å². The second-order valence-electron chi connectivity index (χ2n) is 10.6. The smallest absolute Gasteiger partial charge is 0.180 e. The summed E-state index contributed by atoms with van der Waals surface area (Å²) in [7, 11) is 0. The lowest BCUT2D eigenvalue weighted by molar-refractivity contribution is 0.668. The molecule has 0 saturated carbocycles. The molecule has 6 aromatic carbocycles. The summed E-state index contributed by atoms with van der Waals surface area (Å²) in [5.74, 6) is 0.649. The third kappa shape index (κ3) is 3.49. The van der Waals surface area contributed by atoms with Gasteiger partial charge in [-0.15, -0.1) is 0 Å². The second-order valence-corrected chi connectivity index (χ2v) is 10.6. The van der Waals surface area contributed by atoms with Crippen LogP contribution >= 0.6 is 0 Å². The van der Waals surface area contributed by atoms with Gasteiger partial charge in [0, 0.05) is 32.8 Å². The van der Waals surface area contributed by atoms with Crippen molar-refractivity contribution in [1.82, 2.24) is 9.97 Å². The number of para-hydroxylation sites is 2. The monoisotopic (exact) mass is 538 g/mol. The van der Waals surface area contributed by atoms with Crippen LogP contribution in [0.4, 0.5) is 0 Å². The van der Waals surface area contributed by atoms with Crippen molar-refractivity contribution >= 4 is 54.8 Å². The Morgan fingerprint density at radius 2 is 1.12 bits per heavy atom. The molecule has 0 aliphatic rings. The van der Waals surface area contributed by atoms with Crippen molar-refractivity contribution in [3.63, 3.8) is 0 Å². The molecule has 4 nitrogen and oxygen atoms in total. The number of hydrogen-bond donors (Lipinski definition) is 0. The average molecular weight is 539 g/mol. The van der Waals surface area contributed by atoms with Crippen LogP contribution in [0.5, 0.6) is 0 Å². The first-order valence-corrected chi connectivity index (χ1v) is 14.0. The van der Waals surface area contributed by atoms with Crippen molar-refractivity contribution in [2.45, 2.75) is 0 Å². The highest BCUT2D eigenvalue weighted by atomic mass is 16.3. The largest absolute Gasteiger partial charge is 0.455 e. The molecule has 0 N–H and O–H groups in total. The van der Waals surface area contributed by atoms with E-state index >= 15 is 0 Å². The molecule has 0 aliphatic heterocycles. The fraction of sp³-hybridized carbons (Fsp3) is 0. The van der Waals surface area contributed by atoms with Crippen molar-refractivity contribution in [3.8, 4) is 33.8 Å². The first-order valence-electron chi connectivity index (χ1n) is 14.0.